The first kappa shape index (κ1) is 12.4. The summed E-state index contributed by atoms with van der Waals surface area (Å²) in [5, 5.41) is 9.79. The van der Waals surface area contributed by atoms with Crippen molar-refractivity contribution in [2.75, 3.05) is 0 Å². The molecule has 2 bridgehead atoms. The Morgan fingerprint density at radius 2 is 1.67 bits per heavy atom. The molecule has 3 fully saturated rings. The number of rotatable bonds is 1. The van der Waals surface area contributed by atoms with Crippen LogP contribution >= 0.6 is 0 Å². The molecule has 102 valence electrons. The Kier molecular flexibility index (Phi) is 3.10. The zero-order valence-corrected chi connectivity index (χ0v) is 11.0. The third-order valence-electron chi connectivity index (χ3n) is 5.11. The van der Waals surface area contributed by atoms with Crippen LogP contribution in [0.3, 0.4) is 0 Å². The highest BCUT2D eigenvalue weighted by atomic mass is 16.3. The van der Waals surface area contributed by atoms with E-state index in [1.54, 1.807) is 0 Å². The van der Waals surface area contributed by atoms with Gasteiger partial charge in [-0.15, -0.1) is 0 Å². The molecule has 0 spiro atoms. The van der Waals surface area contributed by atoms with Gasteiger partial charge in [-0.1, -0.05) is 19.3 Å². The van der Waals surface area contributed by atoms with Gasteiger partial charge >= 0.3 is 0 Å². The van der Waals surface area contributed by atoms with Crippen LogP contribution < -0.4 is 5.73 Å². The second kappa shape index (κ2) is 4.49. The van der Waals surface area contributed by atoms with Crippen LogP contribution in [0.25, 0.3) is 0 Å². The lowest BCUT2D eigenvalue weighted by molar-refractivity contribution is -0.144. The van der Waals surface area contributed by atoms with E-state index in [9.17, 15) is 9.90 Å². The molecule has 3 N–H and O–H groups in total. The molecule has 1 aliphatic carbocycles. The SMILES string of the molecule is NC1(C(=O)N2C3CCC2CC(O)C3)CCCCC1. The van der Waals surface area contributed by atoms with Gasteiger partial charge in [0, 0.05) is 12.1 Å². The molecule has 18 heavy (non-hydrogen) atoms. The maximum absolute atomic E-state index is 12.8. The van der Waals surface area contributed by atoms with Crippen LogP contribution in [-0.4, -0.2) is 39.6 Å². The topological polar surface area (TPSA) is 66.6 Å². The Morgan fingerprint density at radius 3 is 2.22 bits per heavy atom. The fraction of sp³-hybridized carbons (Fsp3) is 0.929. The first-order valence-electron chi connectivity index (χ1n) is 7.40. The Hall–Kier alpha value is -0.610. The summed E-state index contributed by atoms with van der Waals surface area (Å²) in [6, 6.07) is 0.488. The molecule has 2 aliphatic heterocycles. The van der Waals surface area contributed by atoms with Crippen LogP contribution in [0.1, 0.15) is 57.8 Å². The third kappa shape index (κ3) is 1.95. The maximum atomic E-state index is 12.8. The van der Waals surface area contributed by atoms with Crippen LogP contribution in [0.5, 0.6) is 0 Å². The third-order valence-corrected chi connectivity index (χ3v) is 5.11. The summed E-state index contributed by atoms with van der Waals surface area (Å²) in [7, 11) is 0. The molecule has 3 aliphatic rings. The average molecular weight is 252 g/mol. The number of carbonyl (C=O) groups excluding carboxylic acids is 1. The number of nitrogens with zero attached hydrogens (tertiary/aromatic N) is 1. The normalized spacial score (nSPS) is 38.8. The predicted molar refractivity (Wildman–Crippen MR) is 68.9 cm³/mol. The Morgan fingerprint density at radius 1 is 1.11 bits per heavy atom. The molecule has 2 atom stereocenters. The largest absolute Gasteiger partial charge is 0.393 e. The number of hydrogen-bond donors (Lipinski definition) is 2. The molecule has 0 radical (unpaired) electrons. The maximum Gasteiger partial charge on any atom is 0.243 e. The minimum Gasteiger partial charge on any atom is -0.393 e. The number of hydrogen-bond acceptors (Lipinski definition) is 3. The van der Waals surface area contributed by atoms with Crippen molar-refractivity contribution >= 4 is 5.91 Å². The van der Waals surface area contributed by atoms with Gasteiger partial charge in [-0.05, 0) is 38.5 Å². The van der Waals surface area contributed by atoms with E-state index in [1.165, 1.54) is 6.42 Å². The van der Waals surface area contributed by atoms with Gasteiger partial charge in [-0.2, -0.15) is 0 Å². The van der Waals surface area contributed by atoms with Crippen molar-refractivity contribution in [3.05, 3.63) is 0 Å². The van der Waals surface area contributed by atoms with Crippen LogP contribution in [0.2, 0.25) is 0 Å². The zero-order valence-electron chi connectivity index (χ0n) is 11.0. The second-order valence-electron chi connectivity index (χ2n) is 6.44. The lowest BCUT2D eigenvalue weighted by atomic mass is 9.80. The number of aliphatic hydroxyl groups is 1. The van der Waals surface area contributed by atoms with E-state index < -0.39 is 5.54 Å². The molecule has 2 unspecified atom stereocenters. The first-order valence-corrected chi connectivity index (χ1v) is 7.40. The summed E-state index contributed by atoms with van der Waals surface area (Å²) in [6.45, 7) is 0. The fourth-order valence-electron chi connectivity index (χ4n) is 4.13. The molecule has 4 nitrogen and oxygen atoms in total. The highest BCUT2D eigenvalue weighted by molar-refractivity contribution is 5.87. The minimum absolute atomic E-state index is 0.168. The van der Waals surface area contributed by atoms with E-state index in [0.29, 0.717) is 0 Å². The van der Waals surface area contributed by atoms with Gasteiger partial charge in [-0.3, -0.25) is 4.79 Å². The van der Waals surface area contributed by atoms with Gasteiger partial charge in [0.05, 0.1) is 11.6 Å². The quantitative estimate of drug-likeness (QED) is 0.736. The highest BCUT2D eigenvalue weighted by Gasteiger charge is 2.48. The summed E-state index contributed by atoms with van der Waals surface area (Å²) in [5.74, 6) is 0.168. The number of amides is 1. The summed E-state index contributed by atoms with van der Waals surface area (Å²) in [6.07, 6.45) is 8.41. The monoisotopic (exact) mass is 252 g/mol. The summed E-state index contributed by atoms with van der Waals surface area (Å²) < 4.78 is 0. The van der Waals surface area contributed by atoms with E-state index in [0.717, 1.165) is 51.4 Å². The average Bonchev–Trinajstić information content (AvgIpc) is 2.61. The number of piperidine rings is 1. The molecular weight excluding hydrogens is 228 g/mol. The Bertz CT molecular complexity index is 325. The van der Waals surface area contributed by atoms with Crippen molar-refractivity contribution < 1.29 is 9.90 Å². The molecule has 2 saturated heterocycles. The van der Waals surface area contributed by atoms with E-state index in [2.05, 4.69) is 0 Å². The molecular formula is C14H24N2O2. The Balaban J connectivity index is 1.76. The van der Waals surface area contributed by atoms with Crippen molar-refractivity contribution in [2.45, 2.75) is 81.5 Å². The molecule has 3 rings (SSSR count). The van der Waals surface area contributed by atoms with Gasteiger partial charge in [0.25, 0.3) is 0 Å². The van der Waals surface area contributed by atoms with E-state index >= 15 is 0 Å². The van der Waals surface area contributed by atoms with Crippen LogP contribution in [0.15, 0.2) is 0 Å². The lowest BCUT2D eigenvalue weighted by Gasteiger charge is -2.43. The van der Waals surface area contributed by atoms with Crippen molar-refractivity contribution in [3.63, 3.8) is 0 Å². The predicted octanol–water partition coefficient (Wildman–Crippen LogP) is 1.16. The number of fused-ring (bicyclic) bond motifs is 2. The van der Waals surface area contributed by atoms with Gasteiger partial charge in [0.15, 0.2) is 0 Å². The van der Waals surface area contributed by atoms with Gasteiger partial charge in [0.2, 0.25) is 5.91 Å². The lowest BCUT2D eigenvalue weighted by Crippen LogP contribution is -2.61. The molecule has 0 aromatic heterocycles. The van der Waals surface area contributed by atoms with Crippen molar-refractivity contribution in [1.29, 1.82) is 0 Å². The van der Waals surface area contributed by atoms with Crippen molar-refractivity contribution in [1.82, 2.24) is 4.90 Å². The molecule has 1 saturated carbocycles. The summed E-state index contributed by atoms with van der Waals surface area (Å²) in [5.41, 5.74) is 5.76. The summed E-state index contributed by atoms with van der Waals surface area (Å²) >= 11 is 0. The second-order valence-corrected chi connectivity index (χ2v) is 6.44. The minimum atomic E-state index is -0.610. The highest BCUT2D eigenvalue weighted by Crippen LogP contribution is 2.39. The van der Waals surface area contributed by atoms with Gasteiger partial charge in [-0.25, -0.2) is 0 Å². The van der Waals surface area contributed by atoms with Crippen molar-refractivity contribution in [3.8, 4) is 0 Å². The number of carbonyl (C=O) groups is 1. The van der Waals surface area contributed by atoms with E-state index in [1.807, 2.05) is 4.90 Å². The van der Waals surface area contributed by atoms with Gasteiger partial charge in [0.1, 0.15) is 0 Å². The van der Waals surface area contributed by atoms with Crippen LogP contribution in [-0.2, 0) is 4.79 Å². The molecule has 0 aromatic rings. The molecule has 0 aromatic carbocycles. The number of aliphatic hydroxyl groups excluding tert-OH is 1. The Labute approximate surface area is 109 Å². The smallest absolute Gasteiger partial charge is 0.243 e. The van der Waals surface area contributed by atoms with E-state index in [4.69, 9.17) is 5.73 Å². The number of nitrogens with two attached hydrogens (primary N) is 1. The van der Waals surface area contributed by atoms with Crippen LogP contribution in [0.4, 0.5) is 0 Å². The summed E-state index contributed by atoms with van der Waals surface area (Å²) in [4.78, 5) is 14.8. The first-order chi connectivity index (χ1) is 8.60. The fourth-order valence-corrected chi connectivity index (χ4v) is 4.13. The van der Waals surface area contributed by atoms with Crippen LogP contribution in [0, 0.1) is 0 Å². The van der Waals surface area contributed by atoms with E-state index in [-0.39, 0.29) is 24.1 Å². The van der Waals surface area contributed by atoms with Gasteiger partial charge < -0.3 is 15.7 Å². The molecule has 4 heteroatoms. The van der Waals surface area contributed by atoms with Crippen molar-refractivity contribution in [2.24, 2.45) is 5.73 Å². The zero-order chi connectivity index (χ0) is 12.8. The standard InChI is InChI=1S/C14H24N2O2/c15-14(6-2-1-3-7-14)13(18)16-10-4-5-11(16)9-12(17)8-10/h10-12,17H,1-9,15H2. The molecule has 2 heterocycles. The molecule has 1 amide bonds.